The summed E-state index contributed by atoms with van der Waals surface area (Å²) < 4.78 is 11.5. The summed E-state index contributed by atoms with van der Waals surface area (Å²) in [7, 11) is 0. The number of aliphatic hydroxyl groups is 2. The lowest BCUT2D eigenvalue weighted by atomic mass is 9.64. The molecule has 1 unspecified atom stereocenters. The predicted octanol–water partition coefficient (Wildman–Crippen LogP) is 3.70. The molecule has 0 aromatic rings. The van der Waals surface area contributed by atoms with Gasteiger partial charge in [-0.25, -0.2) is 0 Å². The van der Waals surface area contributed by atoms with Gasteiger partial charge in [0.05, 0.1) is 24.0 Å². The molecule has 0 amide bonds. The Morgan fingerprint density at radius 1 is 1.26 bits per heavy atom. The van der Waals surface area contributed by atoms with Crippen molar-refractivity contribution in [1.29, 1.82) is 0 Å². The van der Waals surface area contributed by atoms with Crippen molar-refractivity contribution in [2.24, 2.45) is 23.2 Å². The van der Waals surface area contributed by atoms with E-state index in [0.717, 1.165) is 17.6 Å². The fraction of sp³-hybridized carbons (Fsp3) is 0.760. The van der Waals surface area contributed by atoms with Crippen LogP contribution in [0.3, 0.4) is 0 Å². The van der Waals surface area contributed by atoms with E-state index in [1.807, 2.05) is 40.7 Å². The number of hydrogen-bond donors (Lipinski definition) is 2. The van der Waals surface area contributed by atoms with Crippen LogP contribution in [-0.2, 0) is 19.1 Å². The quantitative estimate of drug-likeness (QED) is 0.619. The van der Waals surface area contributed by atoms with Crippen molar-refractivity contribution in [3.05, 3.63) is 23.3 Å². The summed E-state index contributed by atoms with van der Waals surface area (Å²) in [4.78, 5) is 24.6. The molecule has 0 spiro atoms. The van der Waals surface area contributed by atoms with Gasteiger partial charge in [0.1, 0.15) is 12.2 Å². The predicted molar refractivity (Wildman–Crippen MR) is 117 cm³/mol. The Labute approximate surface area is 185 Å². The molecular weight excluding hydrogens is 396 g/mol. The van der Waals surface area contributed by atoms with Crippen LogP contribution in [0.25, 0.3) is 0 Å². The summed E-state index contributed by atoms with van der Waals surface area (Å²) in [5.74, 6) is -0.463. The second-order valence-electron chi connectivity index (χ2n) is 10.4. The van der Waals surface area contributed by atoms with Gasteiger partial charge < -0.3 is 19.7 Å². The van der Waals surface area contributed by atoms with E-state index in [2.05, 4.69) is 6.08 Å². The summed E-state index contributed by atoms with van der Waals surface area (Å²) >= 11 is 0. The molecule has 6 heteroatoms. The van der Waals surface area contributed by atoms with Crippen LogP contribution in [0.4, 0.5) is 0 Å². The summed E-state index contributed by atoms with van der Waals surface area (Å²) in [6.45, 7) is 9.87. The molecule has 0 saturated carbocycles. The third-order valence-electron chi connectivity index (χ3n) is 7.51. The number of hydrogen-bond acceptors (Lipinski definition) is 6. The molecule has 1 fully saturated rings. The average molecular weight is 435 g/mol. The highest BCUT2D eigenvalue weighted by molar-refractivity contribution is 5.76. The van der Waals surface area contributed by atoms with Gasteiger partial charge in [0.2, 0.25) is 0 Å². The molecule has 0 radical (unpaired) electrons. The monoisotopic (exact) mass is 434 g/mol. The van der Waals surface area contributed by atoms with Crippen molar-refractivity contribution in [3.63, 3.8) is 0 Å². The molecule has 0 bridgehead atoms. The molecule has 6 nitrogen and oxygen atoms in total. The molecule has 7 atom stereocenters. The molecule has 1 saturated heterocycles. The topological polar surface area (TPSA) is 93.1 Å². The Morgan fingerprint density at radius 2 is 1.97 bits per heavy atom. The maximum Gasteiger partial charge on any atom is 0.311 e. The first kappa shape index (κ1) is 24.0. The lowest BCUT2D eigenvalue weighted by molar-refractivity contribution is -0.165. The maximum absolute atomic E-state index is 12.9. The molecule has 1 heterocycles. The van der Waals surface area contributed by atoms with E-state index in [1.165, 1.54) is 0 Å². The Kier molecular flexibility index (Phi) is 7.32. The summed E-state index contributed by atoms with van der Waals surface area (Å²) in [6.07, 6.45) is 5.47. The summed E-state index contributed by atoms with van der Waals surface area (Å²) in [5.41, 5.74) is 1.63. The Bertz CT molecular complexity index is 751. The summed E-state index contributed by atoms with van der Waals surface area (Å²) in [5, 5.41) is 20.6. The van der Waals surface area contributed by atoms with E-state index >= 15 is 0 Å². The fourth-order valence-electron chi connectivity index (χ4n) is 5.13. The molecule has 174 valence electrons. The lowest BCUT2D eigenvalue weighted by Gasteiger charge is -2.45. The fourth-order valence-corrected chi connectivity index (χ4v) is 5.13. The zero-order chi connectivity index (χ0) is 22.9. The minimum atomic E-state index is -0.652. The number of carbonyl (C=O) groups is 2. The van der Waals surface area contributed by atoms with Crippen LogP contribution in [0.15, 0.2) is 23.3 Å². The largest absolute Gasteiger partial charge is 0.462 e. The minimum Gasteiger partial charge on any atom is -0.462 e. The highest BCUT2D eigenvalue weighted by Gasteiger charge is 2.45. The van der Waals surface area contributed by atoms with Gasteiger partial charge in [-0.2, -0.15) is 0 Å². The maximum atomic E-state index is 12.9. The third-order valence-corrected chi connectivity index (χ3v) is 7.51. The van der Waals surface area contributed by atoms with E-state index in [-0.39, 0.29) is 48.3 Å². The molecule has 2 aliphatic carbocycles. The van der Waals surface area contributed by atoms with Crippen LogP contribution in [0, 0.1) is 23.2 Å². The van der Waals surface area contributed by atoms with E-state index in [9.17, 15) is 19.8 Å². The second-order valence-corrected chi connectivity index (χ2v) is 10.4. The van der Waals surface area contributed by atoms with E-state index in [0.29, 0.717) is 25.7 Å². The van der Waals surface area contributed by atoms with Gasteiger partial charge in [-0.3, -0.25) is 9.59 Å². The zero-order valence-corrected chi connectivity index (χ0v) is 19.5. The van der Waals surface area contributed by atoms with E-state index in [4.69, 9.17) is 9.47 Å². The van der Waals surface area contributed by atoms with Gasteiger partial charge in [-0.1, -0.05) is 31.6 Å². The number of fused-ring (bicyclic) bond motifs is 1. The van der Waals surface area contributed by atoms with Crippen molar-refractivity contribution in [2.75, 3.05) is 0 Å². The van der Waals surface area contributed by atoms with Gasteiger partial charge in [0.15, 0.2) is 0 Å². The molecular formula is C25H38O6. The number of aliphatic hydroxyl groups excluding tert-OH is 2. The van der Waals surface area contributed by atoms with E-state index < -0.39 is 17.6 Å². The third kappa shape index (κ3) is 5.40. The van der Waals surface area contributed by atoms with Crippen LogP contribution in [0.1, 0.15) is 73.1 Å². The Morgan fingerprint density at radius 3 is 2.61 bits per heavy atom. The number of rotatable bonds is 6. The summed E-state index contributed by atoms with van der Waals surface area (Å²) in [6, 6.07) is 0. The van der Waals surface area contributed by atoms with Gasteiger partial charge in [-0.15, -0.1) is 0 Å². The molecule has 0 aromatic carbocycles. The molecule has 2 N–H and O–H groups in total. The van der Waals surface area contributed by atoms with E-state index in [1.54, 1.807) is 0 Å². The van der Waals surface area contributed by atoms with Gasteiger partial charge in [0, 0.05) is 18.8 Å². The SMILES string of the molecule is CCC(C)(C)C(=O)O[C@H]1CC(C)=CC2=CC(O)[C@H](C)[C@H](CC[C@@H]3C[C@@H](O)CC(=O)O3)[C@H]21. The zero-order valence-electron chi connectivity index (χ0n) is 19.5. The Hall–Kier alpha value is -1.66. The second kappa shape index (κ2) is 9.45. The highest BCUT2D eigenvalue weighted by Crippen LogP contribution is 2.46. The van der Waals surface area contributed by atoms with Crippen LogP contribution in [-0.4, -0.2) is 46.6 Å². The molecule has 3 aliphatic rings. The van der Waals surface area contributed by atoms with Crippen LogP contribution < -0.4 is 0 Å². The lowest BCUT2D eigenvalue weighted by Crippen LogP contribution is -2.45. The number of carbonyl (C=O) groups excluding carboxylic acids is 2. The van der Waals surface area contributed by atoms with Crippen molar-refractivity contribution in [1.82, 2.24) is 0 Å². The minimum absolute atomic E-state index is 0.00271. The number of ether oxygens (including phenoxy) is 2. The van der Waals surface area contributed by atoms with Crippen LogP contribution in [0.2, 0.25) is 0 Å². The number of esters is 2. The van der Waals surface area contributed by atoms with Crippen molar-refractivity contribution < 1.29 is 29.3 Å². The van der Waals surface area contributed by atoms with Gasteiger partial charge in [0.25, 0.3) is 0 Å². The molecule has 3 rings (SSSR count). The Balaban J connectivity index is 1.81. The smallest absolute Gasteiger partial charge is 0.311 e. The van der Waals surface area contributed by atoms with Crippen molar-refractivity contribution >= 4 is 11.9 Å². The van der Waals surface area contributed by atoms with Crippen LogP contribution >= 0.6 is 0 Å². The standard InChI is InChI=1S/C25H38O6/c1-6-25(4,5)24(29)31-21-10-14(2)9-16-11-20(27)15(3)19(23(16)21)8-7-18-12-17(26)13-22(28)30-18/h9,11,15,17-21,23,26-27H,6-8,10,12-13H2,1-5H3/t15-,17-,18-,19+,20?,21+,23+/m1/s1. The van der Waals surface area contributed by atoms with Gasteiger partial charge >= 0.3 is 11.9 Å². The number of allylic oxidation sites excluding steroid dienone is 1. The first-order valence-corrected chi connectivity index (χ1v) is 11.7. The van der Waals surface area contributed by atoms with Gasteiger partial charge in [-0.05, 0) is 57.4 Å². The molecule has 1 aliphatic heterocycles. The van der Waals surface area contributed by atoms with Crippen molar-refractivity contribution in [3.8, 4) is 0 Å². The van der Waals surface area contributed by atoms with Crippen molar-refractivity contribution in [2.45, 2.75) is 97.6 Å². The molecule has 31 heavy (non-hydrogen) atoms. The highest BCUT2D eigenvalue weighted by atomic mass is 16.6. The average Bonchev–Trinajstić information content (AvgIpc) is 2.67. The first-order valence-electron chi connectivity index (χ1n) is 11.7. The molecule has 0 aromatic heterocycles. The normalized spacial score (nSPS) is 36.1. The van der Waals surface area contributed by atoms with Crippen LogP contribution in [0.5, 0.6) is 0 Å². The first-order chi connectivity index (χ1) is 14.5. The number of cyclic esters (lactones) is 1.